The Balaban J connectivity index is 2.34. The lowest BCUT2D eigenvalue weighted by Crippen LogP contribution is -2.49. The second-order valence-corrected chi connectivity index (χ2v) is 5.84. The summed E-state index contributed by atoms with van der Waals surface area (Å²) in [5, 5.41) is 14.4. The van der Waals surface area contributed by atoms with E-state index in [0.717, 1.165) is 25.2 Å². The molecule has 1 aliphatic rings. The first-order chi connectivity index (χ1) is 8.93. The van der Waals surface area contributed by atoms with Gasteiger partial charge in [0.05, 0.1) is 0 Å². The molecule has 1 rings (SSSR count). The molecule has 1 aliphatic carbocycles. The highest BCUT2D eigenvalue weighted by atomic mass is 16.4. The van der Waals surface area contributed by atoms with Gasteiger partial charge in [0.1, 0.15) is 6.04 Å². The summed E-state index contributed by atoms with van der Waals surface area (Å²) in [5.74, 6) is 0.225. The Hall–Kier alpha value is -1.26. The van der Waals surface area contributed by atoms with Gasteiger partial charge in [-0.25, -0.2) is 9.59 Å². The Morgan fingerprint density at radius 2 is 2.05 bits per heavy atom. The second kappa shape index (κ2) is 7.36. The lowest BCUT2D eigenvalue weighted by molar-refractivity contribution is -0.140. The van der Waals surface area contributed by atoms with E-state index in [1.165, 1.54) is 6.42 Å². The monoisotopic (exact) mass is 270 g/mol. The first-order valence-electron chi connectivity index (χ1n) is 7.21. The van der Waals surface area contributed by atoms with Crippen LogP contribution in [0.3, 0.4) is 0 Å². The van der Waals surface area contributed by atoms with Crippen LogP contribution in [0.1, 0.15) is 46.5 Å². The lowest BCUT2D eigenvalue weighted by Gasteiger charge is -2.21. The molecule has 1 fully saturated rings. The van der Waals surface area contributed by atoms with Gasteiger partial charge in [0.2, 0.25) is 0 Å². The van der Waals surface area contributed by atoms with Crippen LogP contribution in [0.5, 0.6) is 0 Å². The van der Waals surface area contributed by atoms with Gasteiger partial charge >= 0.3 is 12.0 Å². The van der Waals surface area contributed by atoms with E-state index in [4.69, 9.17) is 5.11 Å². The average Bonchev–Trinajstić information content (AvgIpc) is 2.78. The van der Waals surface area contributed by atoms with Crippen molar-refractivity contribution >= 4 is 12.0 Å². The molecule has 0 radical (unpaired) electrons. The van der Waals surface area contributed by atoms with E-state index in [0.29, 0.717) is 12.5 Å². The van der Waals surface area contributed by atoms with Crippen molar-refractivity contribution in [1.29, 1.82) is 0 Å². The molecule has 0 heterocycles. The molecule has 5 heteroatoms. The zero-order valence-corrected chi connectivity index (χ0v) is 12.1. The van der Waals surface area contributed by atoms with E-state index >= 15 is 0 Å². The third kappa shape index (κ3) is 5.09. The molecule has 2 unspecified atom stereocenters. The molecule has 5 nitrogen and oxygen atoms in total. The number of amides is 2. The quantitative estimate of drug-likeness (QED) is 0.692. The topological polar surface area (TPSA) is 78.4 Å². The fraction of sp³-hybridized carbons (Fsp3) is 0.857. The second-order valence-electron chi connectivity index (χ2n) is 5.84. The predicted octanol–water partition coefficient (Wildman–Crippen LogP) is 2.22. The Morgan fingerprint density at radius 3 is 2.53 bits per heavy atom. The minimum Gasteiger partial charge on any atom is -0.480 e. The van der Waals surface area contributed by atoms with Crippen LogP contribution >= 0.6 is 0 Å². The maximum absolute atomic E-state index is 11.7. The van der Waals surface area contributed by atoms with Gasteiger partial charge in [-0.15, -0.1) is 0 Å². The number of carboxylic acid groups (broad SMARTS) is 1. The van der Waals surface area contributed by atoms with Crippen LogP contribution < -0.4 is 10.6 Å². The summed E-state index contributed by atoms with van der Waals surface area (Å²) in [6.45, 7) is 6.62. The number of carbonyl (C=O) groups excluding carboxylic acids is 1. The lowest BCUT2D eigenvalue weighted by atomic mass is 9.99. The molecule has 1 saturated carbocycles. The van der Waals surface area contributed by atoms with Crippen LogP contribution in [0.4, 0.5) is 4.79 Å². The van der Waals surface area contributed by atoms with Gasteiger partial charge in [-0.2, -0.15) is 0 Å². The largest absolute Gasteiger partial charge is 0.480 e. The molecule has 19 heavy (non-hydrogen) atoms. The maximum atomic E-state index is 11.7. The van der Waals surface area contributed by atoms with Crippen LogP contribution in [0.2, 0.25) is 0 Å². The van der Waals surface area contributed by atoms with Gasteiger partial charge in [-0.1, -0.05) is 33.6 Å². The Bertz CT molecular complexity index is 320. The van der Waals surface area contributed by atoms with Gasteiger partial charge < -0.3 is 15.7 Å². The highest BCUT2D eigenvalue weighted by Gasteiger charge is 2.26. The molecule has 0 aromatic rings. The van der Waals surface area contributed by atoms with Crippen molar-refractivity contribution < 1.29 is 14.7 Å². The van der Waals surface area contributed by atoms with Crippen molar-refractivity contribution in [2.24, 2.45) is 17.8 Å². The first-order valence-corrected chi connectivity index (χ1v) is 7.21. The number of hydrogen-bond donors (Lipinski definition) is 3. The van der Waals surface area contributed by atoms with E-state index in [-0.39, 0.29) is 11.9 Å². The zero-order valence-electron chi connectivity index (χ0n) is 12.1. The third-order valence-electron chi connectivity index (χ3n) is 4.12. The fourth-order valence-corrected chi connectivity index (χ4v) is 2.62. The average molecular weight is 270 g/mol. The minimum atomic E-state index is -0.973. The van der Waals surface area contributed by atoms with Crippen molar-refractivity contribution in [2.75, 3.05) is 6.54 Å². The van der Waals surface area contributed by atoms with Crippen LogP contribution in [-0.2, 0) is 4.79 Å². The van der Waals surface area contributed by atoms with E-state index in [2.05, 4.69) is 17.6 Å². The maximum Gasteiger partial charge on any atom is 0.326 e. The number of nitrogens with one attached hydrogen (secondary N) is 2. The normalized spacial score (nSPS) is 25.6. The highest BCUT2D eigenvalue weighted by Crippen LogP contribution is 2.29. The van der Waals surface area contributed by atoms with Crippen molar-refractivity contribution in [2.45, 2.75) is 52.5 Å². The van der Waals surface area contributed by atoms with Crippen LogP contribution in [0, 0.1) is 17.8 Å². The van der Waals surface area contributed by atoms with Gasteiger partial charge in [-0.3, -0.25) is 0 Å². The molecule has 0 aromatic carbocycles. The standard InChI is InChI=1S/C14H26N2O3/c1-4-10(3)12(13(17)18)16-14(19)15-8-11-6-5-9(2)7-11/h9-12H,4-8H2,1-3H3,(H,17,18)(H2,15,16,19)/t9?,10-,11?,12-/m0/s1. The van der Waals surface area contributed by atoms with Crippen molar-refractivity contribution in [3.05, 3.63) is 0 Å². The molecule has 0 spiro atoms. The summed E-state index contributed by atoms with van der Waals surface area (Å²) in [6, 6.07) is -1.18. The third-order valence-corrected chi connectivity index (χ3v) is 4.12. The Labute approximate surface area is 115 Å². The number of urea groups is 1. The first kappa shape index (κ1) is 15.8. The fourth-order valence-electron chi connectivity index (χ4n) is 2.62. The number of rotatable bonds is 6. The van der Waals surface area contributed by atoms with Crippen molar-refractivity contribution in [1.82, 2.24) is 10.6 Å². The van der Waals surface area contributed by atoms with Crippen LogP contribution in [0.25, 0.3) is 0 Å². The Kier molecular flexibility index (Phi) is 6.12. The summed E-state index contributed by atoms with van der Waals surface area (Å²) in [4.78, 5) is 22.8. The molecule has 0 aliphatic heterocycles. The van der Waals surface area contributed by atoms with Gasteiger partial charge in [0.25, 0.3) is 0 Å². The zero-order chi connectivity index (χ0) is 14.4. The molecule has 0 bridgehead atoms. The number of carboxylic acids is 1. The summed E-state index contributed by atoms with van der Waals surface area (Å²) in [7, 11) is 0. The molecule has 2 amide bonds. The summed E-state index contributed by atoms with van der Waals surface area (Å²) < 4.78 is 0. The van der Waals surface area contributed by atoms with Gasteiger partial charge in [-0.05, 0) is 30.6 Å². The van der Waals surface area contributed by atoms with E-state index in [1.54, 1.807) is 0 Å². The molecule has 0 aromatic heterocycles. The minimum absolute atomic E-state index is 0.0743. The summed E-state index contributed by atoms with van der Waals surface area (Å²) >= 11 is 0. The van der Waals surface area contributed by atoms with Crippen molar-refractivity contribution in [3.63, 3.8) is 0 Å². The van der Waals surface area contributed by atoms with E-state index < -0.39 is 12.0 Å². The number of aliphatic carboxylic acids is 1. The van der Waals surface area contributed by atoms with Gasteiger partial charge in [0, 0.05) is 6.54 Å². The number of carbonyl (C=O) groups is 2. The van der Waals surface area contributed by atoms with Gasteiger partial charge in [0.15, 0.2) is 0 Å². The molecule has 4 atom stereocenters. The van der Waals surface area contributed by atoms with Crippen LogP contribution in [0.15, 0.2) is 0 Å². The molecular weight excluding hydrogens is 244 g/mol. The molecule has 3 N–H and O–H groups in total. The summed E-state index contributed by atoms with van der Waals surface area (Å²) in [6.07, 6.45) is 4.24. The van der Waals surface area contributed by atoms with E-state index in [9.17, 15) is 9.59 Å². The SMILES string of the molecule is CC[C@H](C)[C@H](NC(=O)NCC1CCC(C)C1)C(=O)O. The van der Waals surface area contributed by atoms with Crippen LogP contribution in [-0.4, -0.2) is 29.7 Å². The predicted molar refractivity (Wildman–Crippen MR) is 73.9 cm³/mol. The van der Waals surface area contributed by atoms with E-state index in [1.807, 2.05) is 13.8 Å². The molecular formula is C14H26N2O3. The summed E-state index contributed by atoms with van der Waals surface area (Å²) in [5.41, 5.74) is 0. The molecule has 0 saturated heterocycles. The van der Waals surface area contributed by atoms with Crippen molar-refractivity contribution in [3.8, 4) is 0 Å². The highest BCUT2D eigenvalue weighted by molar-refractivity contribution is 5.82. The molecule has 110 valence electrons. The smallest absolute Gasteiger partial charge is 0.326 e. The number of hydrogen-bond acceptors (Lipinski definition) is 2. The Morgan fingerprint density at radius 1 is 1.37 bits per heavy atom.